The van der Waals surface area contributed by atoms with Crippen LogP contribution in [0.1, 0.15) is 16.8 Å². The van der Waals surface area contributed by atoms with E-state index < -0.39 is 0 Å². The van der Waals surface area contributed by atoms with Crippen molar-refractivity contribution in [2.24, 2.45) is 10.9 Å². The Morgan fingerprint density at radius 1 is 1.35 bits per heavy atom. The second-order valence-electron chi connectivity index (χ2n) is 4.28. The van der Waals surface area contributed by atoms with E-state index in [1.807, 2.05) is 44.2 Å². The lowest BCUT2D eigenvalue weighted by molar-refractivity contribution is 0.318. The third-order valence-electron chi connectivity index (χ3n) is 2.72. The highest BCUT2D eigenvalue weighted by Gasteiger charge is 2.15. The van der Waals surface area contributed by atoms with E-state index in [1.54, 1.807) is 0 Å². The molecule has 0 amide bonds. The van der Waals surface area contributed by atoms with E-state index in [0.29, 0.717) is 15.6 Å². The van der Waals surface area contributed by atoms with Crippen LogP contribution in [0.15, 0.2) is 45.4 Å². The maximum Gasteiger partial charge on any atom is 0.173 e. The number of aryl methyl sites for hydroxylation is 2. The Morgan fingerprint density at radius 2 is 2.05 bits per heavy atom. The van der Waals surface area contributed by atoms with Gasteiger partial charge in [-0.1, -0.05) is 40.7 Å². The van der Waals surface area contributed by atoms with Gasteiger partial charge in [0.05, 0.1) is 10.6 Å². The van der Waals surface area contributed by atoms with Crippen LogP contribution in [-0.2, 0) is 0 Å². The van der Waals surface area contributed by atoms with Gasteiger partial charge in [0.1, 0.15) is 5.03 Å². The SMILES string of the molecule is Cc1cc(C)c(C(N)=NO)c(Sc2ccccc2Cl)n1. The number of benzene rings is 1. The number of rotatable bonds is 3. The summed E-state index contributed by atoms with van der Waals surface area (Å²) in [6, 6.07) is 9.38. The molecule has 1 aromatic heterocycles. The maximum absolute atomic E-state index is 8.93. The number of halogens is 1. The predicted octanol–water partition coefficient (Wildman–Crippen LogP) is 3.60. The number of hydrogen-bond acceptors (Lipinski definition) is 4. The van der Waals surface area contributed by atoms with Crippen molar-refractivity contribution in [3.8, 4) is 0 Å². The number of nitrogens with two attached hydrogens (primary N) is 1. The van der Waals surface area contributed by atoms with Gasteiger partial charge in [-0.15, -0.1) is 0 Å². The summed E-state index contributed by atoms with van der Waals surface area (Å²) in [5, 5.41) is 13.3. The van der Waals surface area contributed by atoms with E-state index in [4.69, 9.17) is 22.5 Å². The number of hydrogen-bond donors (Lipinski definition) is 2. The van der Waals surface area contributed by atoms with Gasteiger partial charge >= 0.3 is 0 Å². The number of pyridine rings is 1. The molecule has 6 heteroatoms. The first-order valence-electron chi connectivity index (χ1n) is 5.91. The summed E-state index contributed by atoms with van der Waals surface area (Å²) in [5.41, 5.74) is 8.15. The van der Waals surface area contributed by atoms with Crippen molar-refractivity contribution in [1.82, 2.24) is 4.98 Å². The lowest BCUT2D eigenvalue weighted by Gasteiger charge is -2.12. The zero-order valence-corrected chi connectivity index (χ0v) is 12.7. The number of nitrogens with zero attached hydrogens (tertiary/aromatic N) is 2. The molecule has 2 rings (SSSR count). The molecule has 0 aliphatic carbocycles. The summed E-state index contributed by atoms with van der Waals surface area (Å²) in [7, 11) is 0. The Balaban J connectivity index is 2.53. The molecule has 20 heavy (non-hydrogen) atoms. The molecule has 0 atom stereocenters. The molecule has 104 valence electrons. The van der Waals surface area contributed by atoms with E-state index in [1.165, 1.54) is 11.8 Å². The Hall–Kier alpha value is -1.72. The molecule has 0 bridgehead atoms. The summed E-state index contributed by atoms with van der Waals surface area (Å²) >= 11 is 7.56. The fourth-order valence-corrected chi connectivity index (χ4v) is 3.20. The molecule has 0 saturated heterocycles. The van der Waals surface area contributed by atoms with E-state index in [9.17, 15) is 0 Å². The van der Waals surface area contributed by atoms with Crippen LogP contribution >= 0.6 is 23.4 Å². The first kappa shape index (κ1) is 14.7. The van der Waals surface area contributed by atoms with Crippen LogP contribution in [0, 0.1) is 13.8 Å². The molecule has 0 fully saturated rings. The molecule has 1 aromatic carbocycles. The third-order valence-corrected chi connectivity index (χ3v) is 4.22. The molecule has 0 aliphatic rings. The fraction of sp³-hybridized carbons (Fsp3) is 0.143. The highest BCUT2D eigenvalue weighted by atomic mass is 35.5. The van der Waals surface area contributed by atoms with Gasteiger partial charge in [0, 0.05) is 10.6 Å². The standard InChI is InChI=1S/C14H14ClN3OS/c1-8-7-9(2)17-14(12(8)13(16)18-19)20-11-6-4-3-5-10(11)15/h3-7,19H,1-2H3,(H2,16,18). The molecule has 0 radical (unpaired) electrons. The molecule has 2 aromatic rings. The molecule has 0 spiro atoms. The quantitative estimate of drug-likeness (QED) is 0.393. The summed E-state index contributed by atoms with van der Waals surface area (Å²) in [6.07, 6.45) is 0. The van der Waals surface area contributed by atoms with Gasteiger partial charge in [-0.3, -0.25) is 0 Å². The van der Waals surface area contributed by atoms with Crippen LogP contribution in [0.4, 0.5) is 0 Å². The van der Waals surface area contributed by atoms with Gasteiger partial charge < -0.3 is 10.9 Å². The Kier molecular flexibility index (Phi) is 4.52. The summed E-state index contributed by atoms with van der Waals surface area (Å²) < 4.78 is 0. The average molecular weight is 308 g/mol. The zero-order valence-electron chi connectivity index (χ0n) is 11.1. The minimum Gasteiger partial charge on any atom is -0.409 e. The first-order chi connectivity index (χ1) is 9.52. The van der Waals surface area contributed by atoms with Gasteiger partial charge in [0.2, 0.25) is 0 Å². The molecule has 3 N–H and O–H groups in total. The van der Waals surface area contributed by atoms with Gasteiger partial charge in [0.25, 0.3) is 0 Å². The maximum atomic E-state index is 8.93. The Morgan fingerprint density at radius 3 is 2.70 bits per heavy atom. The predicted molar refractivity (Wildman–Crippen MR) is 81.8 cm³/mol. The van der Waals surface area contributed by atoms with Crippen LogP contribution < -0.4 is 5.73 Å². The second-order valence-corrected chi connectivity index (χ2v) is 5.72. The Labute approximate surface area is 126 Å². The lowest BCUT2D eigenvalue weighted by atomic mass is 10.1. The van der Waals surface area contributed by atoms with E-state index in [-0.39, 0.29) is 5.84 Å². The van der Waals surface area contributed by atoms with Gasteiger partial charge in [-0.25, -0.2) is 4.98 Å². The molecule has 0 aliphatic heterocycles. The van der Waals surface area contributed by atoms with Crippen LogP contribution in [0.3, 0.4) is 0 Å². The smallest absolute Gasteiger partial charge is 0.173 e. The van der Waals surface area contributed by atoms with Gasteiger partial charge in [-0.2, -0.15) is 0 Å². The van der Waals surface area contributed by atoms with Crippen molar-refractivity contribution < 1.29 is 5.21 Å². The van der Waals surface area contributed by atoms with Crippen molar-refractivity contribution in [3.05, 3.63) is 52.2 Å². The van der Waals surface area contributed by atoms with Crippen LogP contribution in [0.25, 0.3) is 0 Å². The zero-order chi connectivity index (χ0) is 14.7. The van der Waals surface area contributed by atoms with Gasteiger partial charge in [-0.05, 0) is 37.6 Å². The summed E-state index contributed by atoms with van der Waals surface area (Å²) in [5.74, 6) is 0.0459. The van der Waals surface area contributed by atoms with Crippen LogP contribution in [0.5, 0.6) is 0 Å². The minimum absolute atomic E-state index is 0.0459. The van der Waals surface area contributed by atoms with Crippen molar-refractivity contribution in [2.75, 3.05) is 0 Å². The van der Waals surface area contributed by atoms with Crippen LogP contribution in [-0.4, -0.2) is 16.0 Å². The topological polar surface area (TPSA) is 71.5 Å². The third kappa shape index (κ3) is 3.05. The molecular formula is C14H14ClN3OS. The van der Waals surface area contributed by atoms with Crippen molar-refractivity contribution in [3.63, 3.8) is 0 Å². The average Bonchev–Trinajstić information content (AvgIpc) is 2.40. The Bertz CT molecular complexity index is 673. The molecular weight excluding hydrogens is 294 g/mol. The fourth-order valence-electron chi connectivity index (χ4n) is 1.87. The highest BCUT2D eigenvalue weighted by molar-refractivity contribution is 7.99. The van der Waals surface area contributed by atoms with E-state index in [0.717, 1.165) is 16.2 Å². The minimum atomic E-state index is 0.0459. The highest BCUT2D eigenvalue weighted by Crippen LogP contribution is 2.34. The molecule has 4 nitrogen and oxygen atoms in total. The van der Waals surface area contributed by atoms with E-state index >= 15 is 0 Å². The second kappa shape index (κ2) is 6.15. The van der Waals surface area contributed by atoms with Gasteiger partial charge in [0.15, 0.2) is 5.84 Å². The molecule has 0 unspecified atom stereocenters. The molecule has 1 heterocycles. The van der Waals surface area contributed by atoms with E-state index in [2.05, 4.69) is 10.1 Å². The number of oxime groups is 1. The lowest BCUT2D eigenvalue weighted by Crippen LogP contribution is -2.17. The number of aromatic nitrogens is 1. The van der Waals surface area contributed by atoms with Crippen molar-refractivity contribution in [1.29, 1.82) is 0 Å². The number of amidine groups is 1. The monoisotopic (exact) mass is 307 g/mol. The van der Waals surface area contributed by atoms with Crippen molar-refractivity contribution in [2.45, 2.75) is 23.8 Å². The largest absolute Gasteiger partial charge is 0.409 e. The summed E-state index contributed by atoms with van der Waals surface area (Å²) in [6.45, 7) is 3.80. The van der Waals surface area contributed by atoms with Crippen LogP contribution in [0.2, 0.25) is 5.02 Å². The van der Waals surface area contributed by atoms with Crippen molar-refractivity contribution >= 4 is 29.2 Å². The normalized spacial score (nSPS) is 11.7. The molecule has 0 saturated carbocycles. The first-order valence-corrected chi connectivity index (χ1v) is 7.11. The summed E-state index contributed by atoms with van der Waals surface area (Å²) in [4.78, 5) is 5.35.